The molecule has 0 aliphatic carbocycles. The number of nitrogens with one attached hydrogen (secondary N) is 2. The molecule has 1 heterocycles. The number of hydrogen-bond acceptors (Lipinski definition) is 3. The van der Waals surface area contributed by atoms with Gasteiger partial charge in [-0.1, -0.05) is 6.92 Å². The summed E-state index contributed by atoms with van der Waals surface area (Å²) in [6.07, 6.45) is 0.363. The van der Waals surface area contributed by atoms with E-state index in [1.807, 2.05) is 0 Å². The third-order valence-corrected chi connectivity index (χ3v) is 3.37. The van der Waals surface area contributed by atoms with Crippen molar-refractivity contribution in [2.75, 3.05) is 19.6 Å². The van der Waals surface area contributed by atoms with Crippen molar-refractivity contribution in [1.82, 2.24) is 15.5 Å². The second-order valence-electron chi connectivity index (χ2n) is 5.23. The van der Waals surface area contributed by atoms with E-state index in [0.717, 1.165) is 0 Å². The molecule has 0 bridgehead atoms. The van der Waals surface area contributed by atoms with E-state index >= 15 is 0 Å². The van der Waals surface area contributed by atoms with E-state index in [0.29, 0.717) is 19.5 Å². The molecule has 7 nitrogen and oxygen atoms in total. The first-order chi connectivity index (χ1) is 8.76. The average molecular weight is 271 g/mol. The predicted octanol–water partition coefficient (Wildman–Crippen LogP) is 0.0172. The first-order valence-electron chi connectivity index (χ1n) is 6.33. The minimum Gasteiger partial charge on any atom is -0.481 e. The molecule has 108 valence electrons. The molecule has 0 spiro atoms. The highest BCUT2D eigenvalue weighted by atomic mass is 16.4. The third-order valence-electron chi connectivity index (χ3n) is 3.37. The van der Waals surface area contributed by atoms with E-state index in [1.165, 1.54) is 4.90 Å². The summed E-state index contributed by atoms with van der Waals surface area (Å²) in [5, 5.41) is 14.1. The van der Waals surface area contributed by atoms with E-state index in [2.05, 4.69) is 10.6 Å². The summed E-state index contributed by atoms with van der Waals surface area (Å²) in [5.41, 5.74) is -0.888. The van der Waals surface area contributed by atoms with Gasteiger partial charge in [-0.3, -0.25) is 9.59 Å². The van der Waals surface area contributed by atoms with Gasteiger partial charge in [-0.2, -0.15) is 0 Å². The first-order valence-corrected chi connectivity index (χ1v) is 6.33. The van der Waals surface area contributed by atoms with Crippen LogP contribution in [0.5, 0.6) is 0 Å². The molecule has 19 heavy (non-hydrogen) atoms. The quantitative estimate of drug-likeness (QED) is 0.671. The number of amides is 3. The summed E-state index contributed by atoms with van der Waals surface area (Å²) >= 11 is 0. The lowest BCUT2D eigenvalue weighted by molar-refractivity contribution is -0.141. The molecule has 0 saturated carbocycles. The number of carboxylic acid groups (broad SMARTS) is 1. The van der Waals surface area contributed by atoms with Gasteiger partial charge < -0.3 is 20.6 Å². The Kier molecular flexibility index (Phi) is 4.74. The maximum atomic E-state index is 12.0. The predicted molar refractivity (Wildman–Crippen MR) is 68.6 cm³/mol. The molecule has 1 atom stereocenters. The van der Waals surface area contributed by atoms with Crippen molar-refractivity contribution in [3.8, 4) is 0 Å². The fourth-order valence-electron chi connectivity index (χ4n) is 1.87. The Balaban J connectivity index is 2.49. The van der Waals surface area contributed by atoms with E-state index in [4.69, 9.17) is 5.11 Å². The number of nitrogens with zero attached hydrogens (tertiary/aromatic N) is 1. The van der Waals surface area contributed by atoms with Crippen molar-refractivity contribution in [2.24, 2.45) is 5.92 Å². The molecule has 1 aliphatic rings. The van der Waals surface area contributed by atoms with Gasteiger partial charge in [0, 0.05) is 19.6 Å². The van der Waals surface area contributed by atoms with Gasteiger partial charge in [0.15, 0.2) is 0 Å². The molecule has 1 fully saturated rings. The highest BCUT2D eigenvalue weighted by molar-refractivity contribution is 5.91. The van der Waals surface area contributed by atoms with Crippen LogP contribution in [0, 0.1) is 5.92 Å². The molecule has 0 radical (unpaired) electrons. The second-order valence-corrected chi connectivity index (χ2v) is 5.23. The SMILES string of the molecule is CC(CCNC(=O)N1CCNC(=O)C1(C)C)C(=O)O. The summed E-state index contributed by atoms with van der Waals surface area (Å²) in [6, 6.07) is -0.336. The third kappa shape index (κ3) is 3.59. The average Bonchev–Trinajstić information content (AvgIpc) is 2.32. The topological polar surface area (TPSA) is 98.7 Å². The molecular formula is C12H21N3O4. The molecule has 0 aromatic carbocycles. The van der Waals surface area contributed by atoms with E-state index in [1.54, 1.807) is 20.8 Å². The molecule has 7 heteroatoms. The minimum absolute atomic E-state index is 0.187. The van der Waals surface area contributed by atoms with E-state index in [9.17, 15) is 14.4 Å². The van der Waals surface area contributed by atoms with Gasteiger partial charge in [-0.05, 0) is 20.3 Å². The number of carbonyl (C=O) groups excluding carboxylic acids is 2. The zero-order valence-corrected chi connectivity index (χ0v) is 11.5. The molecule has 1 unspecified atom stereocenters. The highest BCUT2D eigenvalue weighted by Crippen LogP contribution is 2.17. The van der Waals surface area contributed by atoms with Crippen molar-refractivity contribution in [3.05, 3.63) is 0 Å². The van der Waals surface area contributed by atoms with Crippen molar-refractivity contribution >= 4 is 17.9 Å². The van der Waals surface area contributed by atoms with Crippen LogP contribution < -0.4 is 10.6 Å². The number of hydrogen-bond donors (Lipinski definition) is 3. The molecule has 0 aromatic heterocycles. The number of carbonyl (C=O) groups is 3. The Morgan fingerprint density at radius 1 is 1.53 bits per heavy atom. The number of carboxylic acids is 1. The smallest absolute Gasteiger partial charge is 0.318 e. The van der Waals surface area contributed by atoms with E-state index < -0.39 is 17.4 Å². The normalized spacial score (nSPS) is 19.5. The summed E-state index contributed by atoms with van der Waals surface area (Å²) in [7, 11) is 0. The van der Waals surface area contributed by atoms with Crippen molar-refractivity contribution in [2.45, 2.75) is 32.7 Å². The molecule has 3 N–H and O–H groups in total. The van der Waals surface area contributed by atoms with Gasteiger partial charge in [0.2, 0.25) is 5.91 Å². The largest absolute Gasteiger partial charge is 0.481 e. The van der Waals surface area contributed by atoms with E-state index in [-0.39, 0.29) is 18.5 Å². The van der Waals surface area contributed by atoms with Gasteiger partial charge in [-0.15, -0.1) is 0 Å². The Morgan fingerprint density at radius 2 is 2.16 bits per heavy atom. The van der Waals surface area contributed by atoms with Gasteiger partial charge >= 0.3 is 12.0 Å². The van der Waals surface area contributed by atoms with Gasteiger partial charge in [0.1, 0.15) is 5.54 Å². The number of rotatable bonds is 4. The summed E-state index contributed by atoms with van der Waals surface area (Å²) in [6.45, 7) is 6.11. The Labute approximate surface area is 112 Å². The van der Waals surface area contributed by atoms with Crippen molar-refractivity contribution in [1.29, 1.82) is 0 Å². The van der Waals surface area contributed by atoms with Gasteiger partial charge in [-0.25, -0.2) is 4.79 Å². The molecule has 3 amide bonds. The summed E-state index contributed by atoms with van der Waals surface area (Å²) in [4.78, 5) is 35.8. The van der Waals surface area contributed by atoms with Crippen LogP contribution in [0.2, 0.25) is 0 Å². The number of piperazine rings is 1. The summed E-state index contributed by atoms with van der Waals surface area (Å²) < 4.78 is 0. The van der Waals surface area contributed by atoms with Crippen LogP contribution in [-0.4, -0.2) is 53.1 Å². The Hall–Kier alpha value is -1.79. The molecular weight excluding hydrogens is 250 g/mol. The summed E-state index contributed by atoms with van der Waals surface area (Å²) in [5.74, 6) is -1.57. The standard InChI is InChI=1S/C12H21N3O4/c1-8(9(16)17)4-5-14-11(19)15-7-6-13-10(18)12(15,2)3/h8H,4-7H2,1-3H3,(H,13,18)(H,14,19)(H,16,17). The zero-order valence-electron chi connectivity index (χ0n) is 11.5. The van der Waals surface area contributed by atoms with Gasteiger partial charge in [0.05, 0.1) is 5.92 Å². The minimum atomic E-state index is -0.888. The van der Waals surface area contributed by atoms with Crippen LogP contribution in [0.1, 0.15) is 27.2 Å². The lowest BCUT2D eigenvalue weighted by Gasteiger charge is -2.41. The number of urea groups is 1. The van der Waals surface area contributed by atoms with Crippen LogP contribution in [0.3, 0.4) is 0 Å². The van der Waals surface area contributed by atoms with Gasteiger partial charge in [0.25, 0.3) is 0 Å². The van der Waals surface area contributed by atoms with Crippen molar-refractivity contribution < 1.29 is 19.5 Å². The van der Waals surface area contributed by atoms with Crippen molar-refractivity contribution in [3.63, 3.8) is 0 Å². The maximum Gasteiger partial charge on any atom is 0.318 e. The zero-order chi connectivity index (χ0) is 14.6. The Morgan fingerprint density at radius 3 is 2.74 bits per heavy atom. The lowest BCUT2D eigenvalue weighted by atomic mass is 9.99. The fraction of sp³-hybridized carbons (Fsp3) is 0.750. The first kappa shape index (κ1) is 15.3. The molecule has 1 aliphatic heterocycles. The molecule has 0 aromatic rings. The van der Waals surface area contributed by atoms with Crippen LogP contribution in [0.25, 0.3) is 0 Å². The van der Waals surface area contributed by atoms with Crippen LogP contribution >= 0.6 is 0 Å². The van der Waals surface area contributed by atoms with Crippen LogP contribution in [0.15, 0.2) is 0 Å². The molecule has 1 saturated heterocycles. The monoisotopic (exact) mass is 271 g/mol. The van der Waals surface area contributed by atoms with Crippen LogP contribution in [0.4, 0.5) is 4.79 Å². The van der Waals surface area contributed by atoms with Crippen LogP contribution in [-0.2, 0) is 9.59 Å². The Bertz CT molecular complexity index is 381. The maximum absolute atomic E-state index is 12.0. The highest BCUT2D eigenvalue weighted by Gasteiger charge is 2.40. The fourth-order valence-corrected chi connectivity index (χ4v) is 1.87. The lowest BCUT2D eigenvalue weighted by Crippen LogP contribution is -2.65. The number of aliphatic carboxylic acids is 1. The molecule has 1 rings (SSSR count). The second kappa shape index (κ2) is 5.90.